The molecular formula is C18H19ClN2O3. The Bertz CT molecular complexity index is 730. The maximum atomic E-state index is 11.0. The Balaban J connectivity index is 2.05. The quantitative estimate of drug-likeness (QED) is 0.856. The Kier molecular flexibility index (Phi) is 6.21. The maximum Gasteiger partial charge on any atom is 0.219 e. The number of amides is 1. The zero-order valence-corrected chi connectivity index (χ0v) is 14.5. The predicted molar refractivity (Wildman–Crippen MR) is 94.6 cm³/mol. The van der Waals surface area contributed by atoms with Gasteiger partial charge >= 0.3 is 0 Å². The minimum absolute atomic E-state index is 0.0472. The first-order valence-electron chi connectivity index (χ1n) is 7.41. The van der Waals surface area contributed by atoms with Gasteiger partial charge in [0.25, 0.3) is 0 Å². The second-order valence-electron chi connectivity index (χ2n) is 5.15. The van der Waals surface area contributed by atoms with Crippen molar-refractivity contribution in [2.75, 3.05) is 7.11 Å². The summed E-state index contributed by atoms with van der Waals surface area (Å²) in [5.41, 5.74) is 0.899. The monoisotopic (exact) mass is 346 g/mol. The number of pyridine rings is 1. The molecule has 0 bridgehead atoms. The summed E-state index contributed by atoms with van der Waals surface area (Å²) < 4.78 is 10.8. The molecule has 1 aromatic carbocycles. The molecule has 0 fully saturated rings. The Labute approximate surface area is 146 Å². The van der Waals surface area contributed by atoms with Crippen LogP contribution < -0.4 is 14.8 Å². The highest BCUT2D eigenvalue weighted by Gasteiger charge is 2.09. The van der Waals surface area contributed by atoms with Crippen molar-refractivity contribution < 1.29 is 14.3 Å². The minimum Gasteiger partial charge on any atom is -0.495 e. The van der Waals surface area contributed by atoms with Crippen LogP contribution in [0.2, 0.25) is 5.02 Å². The fourth-order valence-electron chi connectivity index (χ4n) is 2.01. The molecule has 1 heterocycles. The molecule has 126 valence electrons. The first-order valence-corrected chi connectivity index (χ1v) is 7.79. The van der Waals surface area contributed by atoms with Gasteiger partial charge in [-0.2, -0.15) is 0 Å². The number of carbonyl (C=O) groups is 1. The Morgan fingerprint density at radius 1 is 1.29 bits per heavy atom. The summed E-state index contributed by atoms with van der Waals surface area (Å²) in [4.78, 5) is 15.2. The summed E-state index contributed by atoms with van der Waals surface area (Å²) in [6, 6.07) is 8.86. The topological polar surface area (TPSA) is 60.5 Å². The molecular weight excluding hydrogens is 328 g/mol. The summed E-state index contributed by atoms with van der Waals surface area (Å²) in [5.74, 6) is 1.38. The van der Waals surface area contributed by atoms with Crippen molar-refractivity contribution in [3.8, 4) is 17.4 Å². The van der Waals surface area contributed by atoms with Crippen LogP contribution in [0.1, 0.15) is 19.4 Å². The van der Waals surface area contributed by atoms with E-state index >= 15 is 0 Å². The molecule has 5 nitrogen and oxygen atoms in total. The number of halogens is 1. The lowest BCUT2D eigenvalue weighted by Crippen LogP contribution is -2.28. The van der Waals surface area contributed by atoms with E-state index in [2.05, 4.69) is 10.3 Å². The lowest BCUT2D eigenvalue weighted by molar-refractivity contribution is -0.119. The van der Waals surface area contributed by atoms with Crippen LogP contribution in [0.4, 0.5) is 0 Å². The summed E-state index contributed by atoms with van der Waals surface area (Å²) in [6.07, 6.45) is 5.45. The minimum atomic E-state index is -0.0656. The fourth-order valence-corrected chi connectivity index (χ4v) is 2.26. The Hall–Kier alpha value is -2.53. The van der Waals surface area contributed by atoms with Crippen molar-refractivity contribution in [2.24, 2.45) is 0 Å². The van der Waals surface area contributed by atoms with E-state index in [0.717, 1.165) is 5.56 Å². The van der Waals surface area contributed by atoms with Crippen LogP contribution in [0.25, 0.3) is 6.08 Å². The molecule has 1 atom stereocenters. The SMILES string of the molecule is COc1cccc(Oc2ccc(/C=C/[C@H](C)NC(C)=O)cn2)c1Cl. The Morgan fingerprint density at radius 3 is 2.67 bits per heavy atom. The van der Waals surface area contributed by atoms with Gasteiger partial charge in [-0.05, 0) is 30.7 Å². The van der Waals surface area contributed by atoms with E-state index in [4.69, 9.17) is 21.1 Å². The van der Waals surface area contributed by atoms with E-state index in [1.807, 2.05) is 25.1 Å². The number of hydrogen-bond acceptors (Lipinski definition) is 4. The van der Waals surface area contributed by atoms with Gasteiger partial charge in [-0.15, -0.1) is 0 Å². The van der Waals surface area contributed by atoms with E-state index in [-0.39, 0.29) is 11.9 Å². The van der Waals surface area contributed by atoms with E-state index in [1.165, 1.54) is 6.92 Å². The number of ether oxygens (including phenoxy) is 2. The molecule has 24 heavy (non-hydrogen) atoms. The second-order valence-corrected chi connectivity index (χ2v) is 5.53. The highest BCUT2D eigenvalue weighted by Crippen LogP contribution is 2.35. The summed E-state index contributed by atoms with van der Waals surface area (Å²) >= 11 is 6.19. The number of carbonyl (C=O) groups excluding carboxylic acids is 1. The maximum absolute atomic E-state index is 11.0. The van der Waals surface area contributed by atoms with Gasteiger partial charge in [0.05, 0.1) is 7.11 Å². The van der Waals surface area contributed by atoms with Gasteiger partial charge in [0.2, 0.25) is 11.8 Å². The molecule has 2 rings (SSSR count). The van der Waals surface area contributed by atoms with Crippen molar-refractivity contribution in [3.05, 3.63) is 53.2 Å². The average Bonchev–Trinajstić information content (AvgIpc) is 2.55. The zero-order chi connectivity index (χ0) is 17.5. The van der Waals surface area contributed by atoms with Gasteiger partial charge in [-0.1, -0.05) is 29.8 Å². The molecule has 1 aromatic heterocycles. The number of hydrogen-bond donors (Lipinski definition) is 1. The highest BCUT2D eigenvalue weighted by molar-refractivity contribution is 6.33. The number of benzene rings is 1. The van der Waals surface area contributed by atoms with Crippen LogP contribution in [0.5, 0.6) is 17.4 Å². The molecule has 0 unspecified atom stereocenters. The molecule has 2 aromatic rings. The van der Waals surface area contributed by atoms with Crippen LogP contribution in [-0.4, -0.2) is 24.0 Å². The summed E-state index contributed by atoms with van der Waals surface area (Å²) in [6.45, 7) is 3.38. The molecule has 0 spiro atoms. The third-order valence-corrected chi connectivity index (χ3v) is 3.50. The molecule has 0 aliphatic rings. The van der Waals surface area contributed by atoms with Gasteiger partial charge in [0.15, 0.2) is 5.75 Å². The second kappa shape index (κ2) is 8.36. The van der Waals surface area contributed by atoms with Crippen molar-refractivity contribution >= 4 is 23.6 Å². The highest BCUT2D eigenvalue weighted by atomic mass is 35.5. The van der Waals surface area contributed by atoms with E-state index < -0.39 is 0 Å². The third-order valence-electron chi connectivity index (χ3n) is 3.13. The standard InChI is InChI=1S/C18H19ClN2O3/c1-12(21-13(2)22)7-8-14-9-10-17(20-11-14)24-16-6-4-5-15(23-3)18(16)19/h4-12H,1-3H3,(H,21,22)/b8-7+/t12-/m0/s1. The van der Waals surface area contributed by atoms with E-state index in [9.17, 15) is 4.79 Å². The largest absolute Gasteiger partial charge is 0.495 e. The molecule has 0 aliphatic heterocycles. The summed E-state index contributed by atoms with van der Waals surface area (Å²) in [7, 11) is 1.55. The number of nitrogens with zero attached hydrogens (tertiary/aromatic N) is 1. The number of rotatable bonds is 6. The van der Waals surface area contributed by atoms with Crippen LogP contribution in [-0.2, 0) is 4.79 Å². The molecule has 0 radical (unpaired) electrons. The molecule has 1 amide bonds. The van der Waals surface area contributed by atoms with Crippen molar-refractivity contribution in [1.29, 1.82) is 0 Å². The number of methoxy groups -OCH3 is 1. The molecule has 0 saturated heterocycles. The smallest absolute Gasteiger partial charge is 0.219 e. The van der Waals surface area contributed by atoms with Gasteiger partial charge in [-0.3, -0.25) is 4.79 Å². The summed E-state index contributed by atoms with van der Waals surface area (Å²) in [5, 5.41) is 3.17. The molecule has 1 N–H and O–H groups in total. The normalized spacial score (nSPS) is 12.0. The van der Waals surface area contributed by atoms with E-state index in [0.29, 0.717) is 22.4 Å². The van der Waals surface area contributed by atoms with Crippen LogP contribution in [0.15, 0.2) is 42.6 Å². The zero-order valence-electron chi connectivity index (χ0n) is 13.7. The van der Waals surface area contributed by atoms with Gasteiger partial charge in [0, 0.05) is 25.2 Å². The van der Waals surface area contributed by atoms with Crippen LogP contribution in [0.3, 0.4) is 0 Å². The first kappa shape index (κ1) is 17.8. The first-order chi connectivity index (χ1) is 11.5. The third kappa shape index (κ3) is 4.99. The number of nitrogens with one attached hydrogen (secondary N) is 1. The predicted octanol–water partition coefficient (Wildman–Crippen LogP) is 4.07. The van der Waals surface area contributed by atoms with Crippen LogP contribution >= 0.6 is 11.6 Å². The van der Waals surface area contributed by atoms with Crippen molar-refractivity contribution in [3.63, 3.8) is 0 Å². The molecule has 0 saturated carbocycles. The molecule has 6 heteroatoms. The van der Waals surface area contributed by atoms with Gasteiger partial charge in [-0.25, -0.2) is 4.98 Å². The lowest BCUT2D eigenvalue weighted by atomic mass is 10.2. The van der Waals surface area contributed by atoms with Gasteiger partial charge in [0.1, 0.15) is 10.8 Å². The number of aromatic nitrogens is 1. The lowest BCUT2D eigenvalue weighted by Gasteiger charge is -2.09. The Morgan fingerprint density at radius 2 is 2.04 bits per heavy atom. The van der Waals surface area contributed by atoms with Crippen molar-refractivity contribution in [2.45, 2.75) is 19.9 Å². The van der Waals surface area contributed by atoms with Crippen molar-refractivity contribution in [1.82, 2.24) is 10.3 Å². The van der Waals surface area contributed by atoms with Gasteiger partial charge < -0.3 is 14.8 Å². The molecule has 0 aliphatic carbocycles. The van der Waals surface area contributed by atoms with E-state index in [1.54, 1.807) is 37.6 Å². The fraction of sp³-hybridized carbons (Fsp3) is 0.222. The van der Waals surface area contributed by atoms with Crippen LogP contribution in [0, 0.1) is 0 Å². The average molecular weight is 347 g/mol.